The Kier molecular flexibility index (Phi) is 5.95. The topological polar surface area (TPSA) is 103 Å². The molecule has 3 aromatic heterocycles. The minimum Gasteiger partial charge on any atom is -0.350 e. The van der Waals surface area contributed by atoms with Crippen molar-refractivity contribution in [1.82, 2.24) is 25.0 Å². The van der Waals surface area contributed by atoms with Gasteiger partial charge < -0.3 is 9.84 Å². The zero-order chi connectivity index (χ0) is 23.7. The van der Waals surface area contributed by atoms with Crippen LogP contribution in [0.1, 0.15) is 11.1 Å². The summed E-state index contributed by atoms with van der Waals surface area (Å²) < 4.78 is 6.77. The molecule has 5 aromatic rings. The molecule has 0 saturated carbocycles. The number of halogens is 1. The summed E-state index contributed by atoms with van der Waals surface area (Å²) in [5.41, 5.74) is 2.14. The van der Waals surface area contributed by atoms with Crippen molar-refractivity contribution in [1.29, 1.82) is 0 Å². The molecule has 10 heteroatoms. The molecule has 0 bridgehead atoms. The van der Waals surface area contributed by atoms with E-state index in [-0.39, 0.29) is 18.0 Å². The van der Waals surface area contributed by atoms with Gasteiger partial charge in [-0.1, -0.05) is 59.2 Å². The summed E-state index contributed by atoms with van der Waals surface area (Å²) in [5.74, 6) is 0.497. The number of rotatable bonds is 6. The van der Waals surface area contributed by atoms with Crippen LogP contribution in [-0.2, 0) is 17.9 Å². The standard InChI is InChI=1S/C24H18ClN5O3S/c1-14-19-23(34-20(14)22-28-21(29-33-22)16-5-3-2-4-6-16)27-13-30(24(19)32)12-18(31)26-11-15-7-9-17(25)10-8-15/h2-10,13H,11-12H2,1H3,(H,26,31). The number of benzene rings is 2. The Morgan fingerprint density at radius 1 is 1.15 bits per heavy atom. The van der Waals surface area contributed by atoms with Crippen LogP contribution in [0.5, 0.6) is 0 Å². The molecule has 0 spiro atoms. The van der Waals surface area contributed by atoms with E-state index < -0.39 is 0 Å². The molecule has 1 amide bonds. The van der Waals surface area contributed by atoms with Crippen LogP contribution in [0, 0.1) is 6.92 Å². The lowest BCUT2D eigenvalue weighted by molar-refractivity contribution is -0.121. The summed E-state index contributed by atoms with van der Waals surface area (Å²) in [6.07, 6.45) is 1.38. The summed E-state index contributed by atoms with van der Waals surface area (Å²) in [7, 11) is 0. The van der Waals surface area contributed by atoms with Gasteiger partial charge in [0.25, 0.3) is 11.4 Å². The van der Waals surface area contributed by atoms with Gasteiger partial charge in [-0.3, -0.25) is 14.2 Å². The Balaban J connectivity index is 1.38. The molecular weight excluding hydrogens is 474 g/mol. The van der Waals surface area contributed by atoms with Crippen molar-refractivity contribution in [2.24, 2.45) is 0 Å². The quantitative estimate of drug-likeness (QED) is 0.376. The van der Waals surface area contributed by atoms with Gasteiger partial charge in [-0.2, -0.15) is 4.98 Å². The lowest BCUT2D eigenvalue weighted by Crippen LogP contribution is -2.32. The molecule has 0 aliphatic rings. The zero-order valence-electron chi connectivity index (χ0n) is 18.0. The first-order valence-electron chi connectivity index (χ1n) is 10.4. The SMILES string of the molecule is Cc1c(-c2nc(-c3ccccc3)no2)sc2ncn(CC(=O)NCc3ccc(Cl)cc3)c(=O)c12. The number of aromatic nitrogens is 4. The number of hydrogen-bond acceptors (Lipinski definition) is 7. The van der Waals surface area contributed by atoms with Crippen molar-refractivity contribution < 1.29 is 9.32 Å². The Labute approximate surface area is 202 Å². The summed E-state index contributed by atoms with van der Waals surface area (Å²) in [6.45, 7) is 2.01. The smallest absolute Gasteiger partial charge is 0.268 e. The number of nitrogens with zero attached hydrogens (tertiary/aromatic N) is 4. The molecule has 8 nitrogen and oxygen atoms in total. The first-order chi connectivity index (χ1) is 16.5. The normalized spacial score (nSPS) is 11.1. The van der Waals surface area contributed by atoms with Gasteiger partial charge in [0.05, 0.1) is 16.6 Å². The maximum Gasteiger partial charge on any atom is 0.268 e. The van der Waals surface area contributed by atoms with Crippen molar-refractivity contribution in [3.8, 4) is 22.2 Å². The third-order valence-corrected chi connectivity index (χ3v) is 6.73. The van der Waals surface area contributed by atoms with Gasteiger partial charge >= 0.3 is 0 Å². The minimum absolute atomic E-state index is 0.140. The molecule has 170 valence electrons. The van der Waals surface area contributed by atoms with Crippen LogP contribution < -0.4 is 10.9 Å². The third kappa shape index (κ3) is 4.35. The minimum atomic E-state index is -0.297. The van der Waals surface area contributed by atoms with Crippen LogP contribution in [0.15, 0.2) is 70.2 Å². The lowest BCUT2D eigenvalue weighted by atomic mass is 10.2. The van der Waals surface area contributed by atoms with Gasteiger partial charge in [0.15, 0.2) is 0 Å². The Morgan fingerprint density at radius 3 is 2.68 bits per heavy atom. The summed E-state index contributed by atoms with van der Waals surface area (Å²) in [6, 6.07) is 16.7. The number of fused-ring (bicyclic) bond motifs is 1. The fourth-order valence-electron chi connectivity index (χ4n) is 3.51. The van der Waals surface area contributed by atoms with Crippen LogP contribution in [-0.4, -0.2) is 25.6 Å². The molecule has 0 unspecified atom stereocenters. The molecule has 5 rings (SSSR count). The molecule has 0 aliphatic heterocycles. The Morgan fingerprint density at radius 2 is 1.91 bits per heavy atom. The van der Waals surface area contributed by atoms with E-state index in [0.717, 1.165) is 11.1 Å². The zero-order valence-corrected chi connectivity index (χ0v) is 19.6. The second-order valence-corrected chi connectivity index (χ2v) is 9.04. The van der Waals surface area contributed by atoms with Gasteiger partial charge in [-0.05, 0) is 30.2 Å². The second-order valence-electron chi connectivity index (χ2n) is 7.61. The van der Waals surface area contributed by atoms with Crippen LogP contribution in [0.4, 0.5) is 0 Å². The van der Waals surface area contributed by atoms with Crippen molar-refractivity contribution >= 4 is 39.1 Å². The van der Waals surface area contributed by atoms with E-state index in [4.69, 9.17) is 16.1 Å². The average Bonchev–Trinajstić information content (AvgIpc) is 3.46. The highest BCUT2D eigenvalue weighted by Crippen LogP contribution is 2.35. The number of thiophene rings is 1. The highest BCUT2D eigenvalue weighted by Gasteiger charge is 2.21. The molecule has 0 aliphatic carbocycles. The van der Waals surface area contributed by atoms with E-state index >= 15 is 0 Å². The molecule has 0 atom stereocenters. The average molecular weight is 492 g/mol. The van der Waals surface area contributed by atoms with Gasteiger partial charge in [0.1, 0.15) is 11.4 Å². The lowest BCUT2D eigenvalue weighted by Gasteiger charge is -2.07. The summed E-state index contributed by atoms with van der Waals surface area (Å²) in [4.78, 5) is 35.7. The first-order valence-corrected chi connectivity index (χ1v) is 11.6. The maximum absolute atomic E-state index is 13.1. The van der Waals surface area contributed by atoms with E-state index in [2.05, 4.69) is 20.4 Å². The molecular formula is C24H18ClN5O3S. The molecule has 1 N–H and O–H groups in total. The highest BCUT2D eigenvalue weighted by molar-refractivity contribution is 7.22. The highest BCUT2D eigenvalue weighted by atomic mass is 35.5. The van der Waals surface area contributed by atoms with Gasteiger partial charge in [-0.15, -0.1) is 11.3 Å². The van der Waals surface area contributed by atoms with Crippen LogP contribution >= 0.6 is 22.9 Å². The number of aryl methyl sites for hydroxylation is 1. The van der Waals surface area contributed by atoms with Crippen LogP contribution in [0.2, 0.25) is 5.02 Å². The van der Waals surface area contributed by atoms with E-state index in [1.807, 2.05) is 49.4 Å². The molecule has 0 radical (unpaired) electrons. The fraction of sp³-hybridized carbons (Fsp3) is 0.125. The van der Waals surface area contributed by atoms with Crippen molar-refractivity contribution in [3.05, 3.63) is 87.4 Å². The van der Waals surface area contributed by atoms with Gasteiger partial charge in [0.2, 0.25) is 11.7 Å². The molecule has 3 heterocycles. The monoisotopic (exact) mass is 491 g/mol. The first kappa shape index (κ1) is 22.0. The number of amides is 1. The second kappa shape index (κ2) is 9.20. The number of carbonyl (C=O) groups excluding carboxylic acids is 1. The molecule has 34 heavy (non-hydrogen) atoms. The third-order valence-electron chi connectivity index (χ3n) is 5.29. The Bertz CT molecular complexity index is 1540. The number of nitrogens with one attached hydrogen (secondary N) is 1. The molecule has 0 saturated heterocycles. The fourth-order valence-corrected chi connectivity index (χ4v) is 4.70. The number of carbonyl (C=O) groups is 1. The van der Waals surface area contributed by atoms with E-state index in [9.17, 15) is 9.59 Å². The van der Waals surface area contributed by atoms with Crippen LogP contribution in [0.3, 0.4) is 0 Å². The largest absolute Gasteiger partial charge is 0.350 e. The maximum atomic E-state index is 13.1. The van der Waals surface area contributed by atoms with Crippen molar-refractivity contribution in [2.45, 2.75) is 20.0 Å². The van der Waals surface area contributed by atoms with Gasteiger partial charge in [0, 0.05) is 17.1 Å². The number of hydrogen-bond donors (Lipinski definition) is 1. The van der Waals surface area contributed by atoms with Gasteiger partial charge in [-0.25, -0.2) is 4.98 Å². The van der Waals surface area contributed by atoms with Crippen molar-refractivity contribution in [2.75, 3.05) is 0 Å². The predicted octanol–water partition coefficient (Wildman–Crippen LogP) is 4.45. The summed E-state index contributed by atoms with van der Waals surface area (Å²) >= 11 is 7.19. The summed E-state index contributed by atoms with van der Waals surface area (Å²) in [5, 5.41) is 7.93. The molecule has 0 fully saturated rings. The van der Waals surface area contributed by atoms with E-state index in [1.54, 1.807) is 12.1 Å². The van der Waals surface area contributed by atoms with Crippen LogP contribution in [0.25, 0.3) is 32.4 Å². The van der Waals surface area contributed by atoms with E-state index in [0.29, 0.717) is 43.9 Å². The Hall–Kier alpha value is -3.82. The molecule has 2 aromatic carbocycles. The van der Waals surface area contributed by atoms with E-state index in [1.165, 1.54) is 22.2 Å². The van der Waals surface area contributed by atoms with Crippen molar-refractivity contribution in [3.63, 3.8) is 0 Å². The predicted molar refractivity (Wildman–Crippen MR) is 131 cm³/mol.